The molecule has 3 rings (SSSR count). The van der Waals surface area contributed by atoms with Gasteiger partial charge in [0.05, 0.1) is 6.10 Å². The summed E-state index contributed by atoms with van der Waals surface area (Å²) in [7, 11) is 0. The first kappa shape index (κ1) is 9.87. The van der Waals surface area contributed by atoms with Crippen molar-refractivity contribution < 1.29 is 5.11 Å². The lowest BCUT2D eigenvalue weighted by molar-refractivity contribution is 0.141. The van der Waals surface area contributed by atoms with Crippen LogP contribution in [-0.2, 0) is 0 Å². The summed E-state index contributed by atoms with van der Waals surface area (Å²) in [5.41, 5.74) is 0. The van der Waals surface area contributed by atoms with Crippen LogP contribution in [-0.4, -0.2) is 29.3 Å². The van der Waals surface area contributed by atoms with Crippen LogP contribution >= 0.6 is 11.6 Å². The van der Waals surface area contributed by atoms with Crippen LogP contribution in [0.25, 0.3) is 10.8 Å². The van der Waals surface area contributed by atoms with Crippen molar-refractivity contribution >= 4 is 28.2 Å². The fourth-order valence-corrected chi connectivity index (χ4v) is 2.21. The van der Waals surface area contributed by atoms with Crippen LogP contribution in [0.3, 0.4) is 0 Å². The highest BCUT2D eigenvalue weighted by atomic mass is 35.5. The first-order valence-corrected chi connectivity index (χ1v) is 5.60. The van der Waals surface area contributed by atoms with Crippen molar-refractivity contribution in [3.63, 3.8) is 0 Å². The van der Waals surface area contributed by atoms with E-state index >= 15 is 0 Å². The first-order chi connectivity index (χ1) is 7.74. The van der Waals surface area contributed by atoms with E-state index in [0.29, 0.717) is 18.2 Å². The van der Waals surface area contributed by atoms with E-state index in [0.717, 1.165) is 16.6 Å². The number of hydrogen-bond donors (Lipinski definition) is 1. The molecule has 1 aliphatic heterocycles. The number of rotatable bonds is 1. The van der Waals surface area contributed by atoms with Gasteiger partial charge >= 0.3 is 0 Å². The maximum absolute atomic E-state index is 9.26. The number of nitrogens with zero attached hydrogens (tertiary/aromatic N) is 2. The minimum Gasteiger partial charge on any atom is -0.389 e. The van der Waals surface area contributed by atoms with Crippen LogP contribution in [0, 0.1) is 0 Å². The van der Waals surface area contributed by atoms with Crippen LogP contribution < -0.4 is 4.90 Å². The molecule has 1 fully saturated rings. The molecule has 0 radical (unpaired) electrons. The van der Waals surface area contributed by atoms with Crippen LogP contribution in [0.1, 0.15) is 0 Å². The third kappa shape index (κ3) is 1.52. The van der Waals surface area contributed by atoms with E-state index in [1.807, 2.05) is 35.2 Å². The van der Waals surface area contributed by atoms with E-state index in [1.54, 1.807) is 0 Å². The van der Waals surface area contributed by atoms with Gasteiger partial charge in [0.2, 0.25) is 0 Å². The molecule has 0 bridgehead atoms. The maximum Gasteiger partial charge on any atom is 0.139 e. The summed E-state index contributed by atoms with van der Waals surface area (Å²) in [4.78, 5) is 6.35. The second kappa shape index (κ2) is 3.61. The summed E-state index contributed by atoms with van der Waals surface area (Å²) < 4.78 is 0. The fraction of sp³-hybridized carbons (Fsp3) is 0.250. The lowest BCUT2D eigenvalue weighted by Crippen LogP contribution is -2.51. The summed E-state index contributed by atoms with van der Waals surface area (Å²) in [6, 6.07) is 9.91. The standard InChI is InChI=1S/C12H11ClN2O/c13-12-10-4-2-1-3-8(10)5-11(14-12)15-6-9(16)7-15/h1-5,9,16H,6-7H2. The quantitative estimate of drug-likeness (QED) is 0.768. The largest absolute Gasteiger partial charge is 0.389 e. The van der Waals surface area contributed by atoms with E-state index in [-0.39, 0.29) is 6.10 Å². The summed E-state index contributed by atoms with van der Waals surface area (Å²) in [5.74, 6) is 0.842. The van der Waals surface area contributed by atoms with Gasteiger partial charge in [-0.05, 0) is 11.5 Å². The highest BCUT2D eigenvalue weighted by Gasteiger charge is 2.25. The molecule has 1 N–H and O–H groups in total. The lowest BCUT2D eigenvalue weighted by Gasteiger charge is -2.37. The van der Waals surface area contributed by atoms with Crippen LogP contribution in [0.2, 0.25) is 5.15 Å². The molecule has 1 aliphatic rings. The zero-order valence-corrected chi connectivity index (χ0v) is 9.35. The Kier molecular flexibility index (Phi) is 2.23. The molecule has 16 heavy (non-hydrogen) atoms. The molecule has 3 nitrogen and oxygen atoms in total. The molecule has 4 heteroatoms. The van der Waals surface area contributed by atoms with Crippen molar-refractivity contribution in [2.45, 2.75) is 6.10 Å². The molecule has 0 spiro atoms. The Morgan fingerprint density at radius 2 is 2.06 bits per heavy atom. The average Bonchev–Trinajstić information content (AvgIpc) is 2.25. The van der Waals surface area contributed by atoms with Gasteiger partial charge in [0.15, 0.2) is 0 Å². The molecule has 0 saturated carbocycles. The van der Waals surface area contributed by atoms with Gasteiger partial charge in [-0.3, -0.25) is 0 Å². The number of benzene rings is 1. The number of anilines is 1. The maximum atomic E-state index is 9.26. The molecule has 0 atom stereocenters. The fourth-order valence-electron chi connectivity index (χ4n) is 1.95. The number of fused-ring (bicyclic) bond motifs is 1. The number of aliphatic hydroxyl groups excluding tert-OH is 1. The number of hydrogen-bond acceptors (Lipinski definition) is 3. The predicted molar refractivity (Wildman–Crippen MR) is 65.0 cm³/mol. The number of aliphatic hydroxyl groups is 1. The van der Waals surface area contributed by atoms with Crippen molar-refractivity contribution in [2.24, 2.45) is 0 Å². The third-order valence-electron chi connectivity index (χ3n) is 2.87. The number of halogens is 1. The SMILES string of the molecule is OC1CN(c2cc3ccccc3c(Cl)n2)C1. The van der Waals surface area contributed by atoms with Crippen molar-refractivity contribution in [1.29, 1.82) is 0 Å². The van der Waals surface area contributed by atoms with Crippen molar-refractivity contribution in [3.05, 3.63) is 35.5 Å². The van der Waals surface area contributed by atoms with Gasteiger partial charge < -0.3 is 10.0 Å². The smallest absolute Gasteiger partial charge is 0.139 e. The van der Waals surface area contributed by atoms with Gasteiger partial charge in [0.25, 0.3) is 0 Å². The Morgan fingerprint density at radius 3 is 2.81 bits per heavy atom. The highest BCUT2D eigenvalue weighted by Crippen LogP contribution is 2.28. The van der Waals surface area contributed by atoms with E-state index in [1.165, 1.54) is 0 Å². The van der Waals surface area contributed by atoms with Crippen LogP contribution in [0.4, 0.5) is 5.82 Å². The number of aromatic nitrogens is 1. The highest BCUT2D eigenvalue weighted by molar-refractivity contribution is 6.34. The Morgan fingerprint density at radius 1 is 1.31 bits per heavy atom. The summed E-state index contributed by atoms with van der Waals surface area (Å²) in [6.07, 6.45) is -0.230. The van der Waals surface area contributed by atoms with Gasteiger partial charge in [-0.1, -0.05) is 35.9 Å². The van der Waals surface area contributed by atoms with E-state index in [2.05, 4.69) is 4.98 Å². The topological polar surface area (TPSA) is 36.4 Å². The second-order valence-electron chi connectivity index (χ2n) is 4.05. The monoisotopic (exact) mass is 234 g/mol. The zero-order valence-electron chi connectivity index (χ0n) is 8.60. The summed E-state index contributed by atoms with van der Waals surface area (Å²) in [5, 5.41) is 11.8. The first-order valence-electron chi connectivity index (χ1n) is 5.22. The minimum atomic E-state index is -0.230. The van der Waals surface area contributed by atoms with Crippen molar-refractivity contribution in [3.8, 4) is 0 Å². The Hall–Kier alpha value is -1.32. The molecule has 1 aromatic heterocycles. The van der Waals surface area contributed by atoms with Crippen LogP contribution in [0.15, 0.2) is 30.3 Å². The predicted octanol–water partition coefficient (Wildman–Crippen LogP) is 2.07. The summed E-state index contributed by atoms with van der Waals surface area (Å²) >= 11 is 6.12. The normalized spacial score (nSPS) is 16.5. The molecule has 0 amide bonds. The van der Waals surface area contributed by atoms with Gasteiger partial charge in [-0.25, -0.2) is 4.98 Å². The molecule has 0 unspecified atom stereocenters. The molecule has 2 heterocycles. The Bertz CT molecular complexity index is 538. The number of pyridine rings is 1. The Labute approximate surface area is 98.3 Å². The molecule has 82 valence electrons. The number of β-amino-alcohol motifs (C(OH)–C–C–N with tert-alkyl or cyclic N) is 1. The molecule has 1 saturated heterocycles. The zero-order chi connectivity index (χ0) is 11.1. The molecular formula is C12H11ClN2O. The minimum absolute atomic E-state index is 0.230. The second-order valence-corrected chi connectivity index (χ2v) is 4.41. The van der Waals surface area contributed by atoms with Gasteiger partial charge in [-0.2, -0.15) is 0 Å². The Balaban J connectivity index is 2.07. The summed E-state index contributed by atoms with van der Waals surface area (Å²) in [6.45, 7) is 1.28. The van der Waals surface area contributed by atoms with E-state index in [4.69, 9.17) is 11.6 Å². The average molecular weight is 235 g/mol. The van der Waals surface area contributed by atoms with Crippen molar-refractivity contribution in [2.75, 3.05) is 18.0 Å². The lowest BCUT2D eigenvalue weighted by atomic mass is 10.1. The third-order valence-corrected chi connectivity index (χ3v) is 3.15. The van der Waals surface area contributed by atoms with E-state index < -0.39 is 0 Å². The van der Waals surface area contributed by atoms with Gasteiger partial charge in [-0.15, -0.1) is 0 Å². The molecule has 2 aromatic rings. The van der Waals surface area contributed by atoms with Gasteiger partial charge in [0.1, 0.15) is 11.0 Å². The van der Waals surface area contributed by atoms with Gasteiger partial charge in [0, 0.05) is 18.5 Å². The van der Waals surface area contributed by atoms with E-state index in [9.17, 15) is 5.11 Å². The molecular weight excluding hydrogens is 224 g/mol. The molecule has 1 aromatic carbocycles. The van der Waals surface area contributed by atoms with Crippen LogP contribution in [0.5, 0.6) is 0 Å². The molecule has 0 aliphatic carbocycles. The van der Waals surface area contributed by atoms with Crippen molar-refractivity contribution in [1.82, 2.24) is 4.98 Å².